The van der Waals surface area contributed by atoms with Crippen LogP contribution in [0.15, 0.2) is 23.8 Å². The van der Waals surface area contributed by atoms with Gasteiger partial charge in [0.1, 0.15) is 0 Å². The van der Waals surface area contributed by atoms with Crippen LogP contribution >= 0.6 is 0 Å². The fourth-order valence-corrected chi connectivity index (χ4v) is 0.711. The number of aliphatic carboxylic acids is 1. The minimum Gasteiger partial charge on any atom is -0.478 e. The monoisotopic (exact) mass is 154 g/mol. The smallest absolute Gasteiger partial charge is 0.331 e. The van der Waals surface area contributed by atoms with Crippen LogP contribution in [0.5, 0.6) is 0 Å². The predicted octanol–water partition coefficient (Wildman–Crippen LogP) is 2.23. The molecule has 0 saturated carbocycles. The topological polar surface area (TPSA) is 37.3 Å². The lowest BCUT2D eigenvalue weighted by Gasteiger charge is -2.03. The minimum absolute atomic E-state index is 0.0729. The number of carbonyl (C=O) groups is 1. The summed E-state index contributed by atoms with van der Waals surface area (Å²) < 4.78 is 0. The molecule has 0 aliphatic rings. The molecular weight excluding hydrogens is 140 g/mol. The molecule has 62 valence electrons. The summed E-state index contributed by atoms with van der Waals surface area (Å²) in [5, 5.41) is 8.67. The third-order valence-electron chi connectivity index (χ3n) is 1.34. The normalized spacial score (nSPS) is 12.9. The zero-order chi connectivity index (χ0) is 8.85. The summed E-state index contributed by atoms with van der Waals surface area (Å²) in [6.45, 7) is 5.59. The molecule has 0 aliphatic carbocycles. The zero-order valence-electron chi connectivity index (χ0n) is 7.16. The van der Waals surface area contributed by atoms with Gasteiger partial charge in [0.2, 0.25) is 0 Å². The van der Waals surface area contributed by atoms with Gasteiger partial charge >= 0.3 is 5.97 Å². The largest absolute Gasteiger partial charge is 0.478 e. The first kappa shape index (κ1) is 9.95. The van der Waals surface area contributed by atoms with Crippen LogP contribution in [0.3, 0.4) is 0 Å². The van der Waals surface area contributed by atoms with Crippen LogP contribution in [-0.2, 0) is 4.79 Å². The van der Waals surface area contributed by atoms with Gasteiger partial charge < -0.3 is 5.11 Å². The zero-order valence-corrected chi connectivity index (χ0v) is 7.16. The quantitative estimate of drug-likeness (QED) is 0.500. The van der Waals surface area contributed by atoms with E-state index in [4.69, 9.17) is 5.11 Å². The number of carboxylic acids is 1. The van der Waals surface area contributed by atoms with Gasteiger partial charge in [-0.25, -0.2) is 4.79 Å². The van der Waals surface area contributed by atoms with Crippen molar-refractivity contribution in [2.45, 2.75) is 20.8 Å². The molecule has 0 rings (SSSR count). The van der Waals surface area contributed by atoms with Crippen LogP contribution in [0.1, 0.15) is 20.8 Å². The molecule has 0 spiro atoms. The number of allylic oxidation sites excluding steroid dienone is 3. The van der Waals surface area contributed by atoms with Crippen LogP contribution < -0.4 is 0 Å². The van der Waals surface area contributed by atoms with Crippen molar-refractivity contribution in [2.24, 2.45) is 5.92 Å². The summed E-state index contributed by atoms with van der Waals surface area (Å²) in [6, 6.07) is 0. The molecule has 0 bridgehead atoms. The second-order valence-corrected chi connectivity index (χ2v) is 2.61. The van der Waals surface area contributed by atoms with Crippen LogP contribution in [0, 0.1) is 5.92 Å². The predicted molar refractivity (Wildman–Crippen MR) is 45.4 cm³/mol. The number of carboxylic acid groups (broad SMARTS) is 1. The average molecular weight is 154 g/mol. The summed E-state index contributed by atoms with van der Waals surface area (Å²) in [5.74, 6) is -0.762. The second-order valence-electron chi connectivity index (χ2n) is 2.61. The van der Waals surface area contributed by atoms with E-state index in [9.17, 15) is 4.79 Å². The Morgan fingerprint density at radius 1 is 1.45 bits per heavy atom. The Labute approximate surface area is 67.2 Å². The number of hydrogen-bond acceptors (Lipinski definition) is 1. The second kappa shape index (κ2) is 4.72. The van der Waals surface area contributed by atoms with Crippen LogP contribution in [0.4, 0.5) is 0 Å². The SMILES string of the molecule is CC=CC=C(C(=O)O)C(C)C. The molecular formula is C9H14O2. The average Bonchev–Trinajstić information content (AvgIpc) is 1.87. The highest BCUT2D eigenvalue weighted by atomic mass is 16.4. The van der Waals surface area contributed by atoms with Gasteiger partial charge in [0, 0.05) is 5.57 Å². The van der Waals surface area contributed by atoms with Gasteiger partial charge in [0.25, 0.3) is 0 Å². The van der Waals surface area contributed by atoms with Crippen molar-refractivity contribution in [3.05, 3.63) is 23.8 Å². The van der Waals surface area contributed by atoms with E-state index in [1.165, 1.54) is 0 Å². The molecule has 0 aromatic carbocycles. The Morgan fingerprint density at radius 2 is 2.00 bits per heavy atom. The molecule has 0 aliphatic heterocycles. The Morgan fingerprint density at radius 3 is 2.27 bits per heavy atom. The van der Waals surface area contributed by atoms with Crippen molar-refractivity contribution in [2.75, 3.05) is 0 Å². The molecule has 0 aromatic heterocycles. The van der Waals surface area contributed by atoms with Gasteiger partial charge in [-0.15, -0.1) is 0 Å². The van der Waals surface area contributed by atoms with E-state index >= 15 is 0 Å². The maximum atomic E-state index is 10.5. The molecule has 0 radical (unpaired) electrons. The Balaban J connectivity index is 4.46. The molecule has 2 heteroatoms. The third-order valence-corrected chi connectivity index (χ3v) is 1.34. The van der Waals surface area contributed by atoms with Gasteiger partial charge in [-0.3, -0.25) is 0 Å². The van der Waals surface area contributed by atoms with Gasteiger partial charge in [-0.2, -0.15) is 0 Å². The van der Waals surface area contributed by atoms with Crippen molar-refractivity contribution >= 4 is 5.97 Å². The maximum absolute atomic E-state index is 10.5. The first-order valence-corrected chi connectivity index (χ1v) is 3.65. The lowest BCUT2D eigenvalue weighted by molar-refractivity contribution is -0.133. The highest BCUT2D eigenvalue weighted by molar-refractivity contribution is 5.87. The summed E-state index contributed by atoms with van der Waals surface area (Å²) in [5.41, 5.74) is 0.447. The standard InChI is InChI=1S/C9H14O2/c1-4-5-6-8(7(2)3)9(10)11/h4-7H,1-3H3,(H,10,11). The Kier molecular flexibility index (Phi) is 4.27. The summed E-state index contributed by atoms with van der Waals surface area (Å²) in [7, 11) is 0. The van der Waals surface area contributed by atoms with Gasteiger partial charge in [0.05, 0.1) is 0 Å². The van der Waals surface area contributed by atoms with E-state index in [1.54, 1.807) is 12.2 Å². The summed E-state index contributed by atoms with van der Waals surface area (Å²) >= 11 is 0. The Bertz CT molecular complexity index is 188. The number of rotatable bonds is 3. The van der Waals surface area contributed by atoms with Crippen molar-refractivity contribution in [3.8, 4) is 0 Å². The fourth-order valence-electron chi connectivity index (χ4n) is 0.711. The van der Waals surface area contributed by atoms with Gasteiger partial charge in [0.15, 0.2) is 0 Å². The van der Waals surface area contributed by atoms with Gasteiger partial charge in [-0.05, 0) is 12.8 Å². The first-order valence-electron chi connectivity index (χ1n) is 3.65. The van der Waals surface area contributed by atoms with Crippen LogP contribution in [-0.4, -0.2) is 11.1 Å². The summed E-state index contributed by atoms with van der Waals surface area (Å²) in [4.78, 5) is 10.5. The third kappa shape index (κ3) is 3.61. The molecule has 0 atom stereocenters. The van der Waals surface area contributed by atoms with E-state index in [-0.39, 0.29) is 5.92 Å². The molecule has 0 heterocycles. The van der Waals surface area contributed by atoms with Crippen molar-refractivity contribution in [1.29, 1.82) is 0 Å². The van der Waals surface area contributed by atoms with E-state index in [2.05, 4.69) is 0 Å². The molecule has 0 fully saturated rings. The highest BCUT2D eigenvalue weighted by Crippen LogP contribution is 2.09. The first-order chi connectivity index (χ1) is 5.09. The van der Waals surface area contributed by atoms with Crippen molar-refractivity contribution < 1.29 is 9.90 Å². The van der Waals surface area contributed by atoms with E-state index in [0.29, 0.717) is 5.57 Å². The molecule has 0 unspecified atom stereocenters. The van der Waals surface area contributed by atoms with E-state index in [1.807, 2.05) is 26.8 Å². The Hall–Kier alpha value is -1.05. The maximum Gasteiger partial charge on any atom is 0.331 e. The van der Waals surface area contributed by atoms with E-state index < -0.39 is 5.97 Å². The molecule has 1 N–H and O–H groups in total. The van der Waals surface area contributed by atoms with Crippen molar-refractivity contribution in [3.63, 3.8) is 0 Å². The lowest BCUT2D eigenvalue weighted by atomic mass is 10.0. The molecule has 0 amide bonds. The van der Waals surface area contributed by atoms with Crippen LogP contribution in [0.2, 0.25) is 0 Å². The van der Waals surface area contributed by atoms with Gasteiger partial charge in [-0.1, -0.05) is 32.1 Å². The fraction of sp³-hybridized carbons (Fsp3) is 0.444. The van der Waals surface area contributed by atoms with Crippen molar-refractivity contribution in [1.82, 2.24) is 0 Å². The van der Waals surface area contributed by atoms with Crippen LogP contribution in [0.25, 0.3) is 0 Å². The molecule has 2 nitrogen and oxygen atoms in total. The molecule has 11 heavy (non-hydrogen) atoms. The lowest BCUT2D eigenvalue weighted by Crippen LogP contribution is -2.06. The molecule has 0 aromatic rings. The highest BCUT2D eigenvalue weighted by Gasteiger charge is 2.09. The summed E-state index contributed by atoms with van der Waals surface area (Å²) in [6.07, 6.45) is 5.18. The minimum atomic E-state index is -0.835. The molecule has 0 saturated heterocycles. The number of hydrogen-bond donors (Lipinski definition) is 1. The van der Waals surface area contributed by atoms with E-state index in [0.717, 1.165) is 0 Å².